The summed E-state index contributed by atoms with van der Waals surface area (Å²) in [4.78, 5) is 18.8. The number of alkyl halides is 4. The van der Waals surface area contributed by atoms with E-state index in [0.29, 0.717) is 0 Å². The number of nitrogens with one attached hydrogen (secondary N) is 1. The number of H-pyrrole nitrogens is 1. The molecular weight excluding hydrogens is 466 g/mol. The summed E-state index contributed by atoms with van der Waals surface area (Å²) >= 11 is 0. The first-order valence-electron chi connectivity index (χ1n) is 10.5. The van der Waals surface area contributed by atoms with E-state index < -0.39 is 35.6 Å². The fourth-order valence-electron chi connectivity index (χ4n) is 3.72. The molecule has 3 aromatic rings. The van der Waals surface area contributed by atoms with Crippen LogP contribution in [0, 0.1) is 11.6 Å². The molecule has 4 rings (SSSR count). The minimum atomic E-state index is -4.38. The van der Waals surface area contributed by atoms with Gasteiger partial charge in [0.2, 0.25) is 0 Å². The number of pyridine rings is 1. The third-order valence-corrected chi connectivity index (χ3v) is 5.54. The van der Waals surface area contributed by atoms with Crippen molar-refractivity contribution in [3.63, 3.8) is 0 Å². The number of hydrogen-bond donors (Lipinski definition) is 1. The van der Waals surface area contributed by atoms with Crippen LogP contribution in [-0.4, -0.2) is 40.8 Å². The molecule has 1 N–H and O–H groups in total. The van der Waals surface area contributed by atoms with Crippen LogP contribution in [0.4, 0.5) is 26.3 Å². The molecule has 0 atom stereocenters. The Morgan fingerprint density at radius 3 is 2.53 bits per heavy atom. The Kier molecular flexibility index (Phi) is 6.57. The molecule has 1 fully saturated rings. The van der Waals surface area contributed by atoms with Crippen LogP contribution >= 0.6 is 0 Å². The van der Waals surface area contributed by atoms with Crippen molar-refractivity contribution in [1.82, 2.24) is 9.97 Å². The number of aromatic amines is 1. The molecule has 0 amide bonds. The van der Waals surface area contributed by atoms with Crippen molar-refractivity contribution in [2.45, 2.75) is 43.9 Å². The first kappa shape index (κ1) is 24.1. The number of ketones is 1. The van der Waals surface area contributed by atoms with Crippen molar-refractivity contribution < 1.29 is 40.6 Å². The number of nitrogens with zero attached hydrogens (tertiary/aromatic N) is 1. The Morgan fingerprint density at radius 2 is 1.91 bits per heavy atom. The fraction of sp³-hybridized carbons (Fsp3) is 0.391. The second-order valence-corrected chi connectivity index (χ2v) is 8.31. The van der Waals surface area contributed by atoms with Crippen molar-refractivity contribution >= 4 is 16.8 Å². The van der Waals surface area contributed by atoms with E-state index in [-0.39, 0.29) is 72.6 Å². The third-order valence-electron chi connectivity index (χ3n) is 5.54. The molecule has 0 bridgehead atoms. The fourth-order valence-corrected chi connectivity index (χ4v) is 3.72. The maximum Gasteiger partial charge on any atom is 0.389 e. The van der Waals surface area contributed by atoms with Gasteiger partial charge in [0.05, 0.1) is 18.6 Å². The molecular formula is C23H20F6N2O3. The predicted molar refractivity (Wildman–Crippen MR) is 110 cm³/mol. The number of halogens is 6. The molecule has 1 aromatic carbocycles. The maximum atomic E-state index is 14.7. The average Bonchev–Trinajstić information content (AvgIpc) is 3.15. The summed E-state index contributed by atoms with van der Waals surface area (Å²) in [5.74, 6) is -3.39. The van der Waals surface area contributed by atoms with Crippen LogP contribution in [0.2, 0.25) is 0 Å². The molecule has 3 heterocycles. The molecule has 34 heavy (non-hydrogen) atoms. The lowest BCUT2D eigenvalue weighted by atomic mass is 9.95. The van der Waals surface area contributed by atoms with Gasteiger partial charge in [0.25, 0.3) is 0 Å². The van der Waals surface area contributed by atoms with Crippen LogP contribution in [0.25, 0.3) is 11.0 Å². The van der Waals surface area contributed by atoms with E-state index in [1.165, 1.54) is 18.5 Å². The largest absolute Gasteiger partial charge is 0.450 e. The van der Waals surface area contributed by atoms with Gasteiger partial charge < -0.3 is 14.5 Å². The molecule has 182 valence electrons. The summed E-state index contributed by atoms with van der Waals surface area (Å²) in [7, 11) is 0. The molecule has 0 aliphatic carbocycles. The molecule has 11 heteroatoms. The Hall–Kier alpha value is -3.08. The molecule has 0 spiro atoms. The predicted octanol–water partition coefficient (Wildman–Crippen LogP) is 5.76. The smallest absolute Gasteiger partial charge is 0.389 e. The number of hydrogen-bond acceptors (Lipinski definition) is 4. The minimum Gasteiger partial charge on any atom is -0.450 e. The maximum absolute atomic E-state index is 14.7. The molecule has 2 aromatic heterocycles. The molecule has 5 nitrogen and oxygen atoms in total. The normalized spacial score (nSPS) is 15.4. The molecule has 1 aliphatic rings. The number of benzene rings is 1. The molecule has 0 saturated carbocycles. The Morgan fingerprint density at radius 1 is 1.21 bits per heavy atom. The minimum absolute atomic E-state index is 0.0244. The summed E-state index contributed by atoms with van der Waals surface area (Å²) in [6, 6.07) is 3.17. The van der Waals surface area contributed by atoms with Crippen LogP contribution < -0.4 is 4.74 Å². The van der Waals surface area contributed by atoms with E-state index in [4.69, 9.17) is 9.47 Å². The van der Waals surface area contributed by atoms with Gasteiger partial charge in [-0.05, 0) is 42.2 Å². The zero-order valence-corrected chi connectivity index (χ0v) is 17.8. The Labute approximate surface area is 190 Å². The molecule has 0 unspecified atom stereocenters. The van der Waals surface area contributed by atoms with Gasteiger partial charge in [-0.25, -0.2) is 18.2 Å². The zero-order valence-electron chi connectivity index (χ0n) is 17.8. The molecule has 0 radical (unpaired) electrons. The molecule has 1 saturated heterocycles. The zero-order chi connectivity index (χ0) is 24.5. The summed E-state index contributed by atoms with van der Waals surface area (Å²) in [6.45, 7) is -0.145. The average molecular weight is 486 g/mol. The number of carbonyl (C=O) groups excluding carboxylic acids is 1. The van der Waals surface area contributed by atoms with Gasteiger partial charge in [0, 0.05) is 31.7 Å². The van der Waals surface area contributed by atoms with Gasteiger partial charge in [0.1, 0.15) is 17.2 Å². The van der Waals surface area contributed by atoms with Gasteiger partial charge in [-0.2, -0.15) is 13.2 Å². The lowest BCUT2D eigenvalue weighted by molar-refractivity contribution is -0.139. The van der Waals surface area contributed by atoms with Crippen LogP contribution in [0.3, 0.4) is 0 Å². The van der Waals surface area contributed by atoms with E-state index in [9.17, 15) is 31.1 Å². The monoisotopic (exact) mass is 486 g/mol. The summed E-state index contributed by atoms with van der Waals surface area (Å²) in [5.41, 5.74) is -1.03. The Bertz CT molecular complexity index is 1180. The number of fused-ring (bicyclic) bond motifs is 1. The summed E-state index contributed by atoms with van der Waals surface area (Å²) in [6.07, 6.45) is -3.61. The number of Topliss-reactive ketones (excluding diaryl/α,β-unsaturated/α-hetero) is 1. The van der Waals surface area contributed by atoms with Crippen molar-refractivity contribution in [2.75, 3.05) is 13.2 Å². The van der Waals surface area contributed by atoms with Crippen molar-refractivity contribution in [3.8, 4) is 11.5 Å². The van der Waals surface area contributed by atoms with Gasteiger partial charge in [-0.15, -0.1) is 0 Å². The third kappa shape index (κ3) is 5.52. The van der Waals surface area contributed by atoms with Crippen molar-refractivity contribution in [1.29, 1.82) is 0 Å². The van der Waals surface area contributed by atoms with Crippen LogP contribution in [0.5, 0.6) is 11.5 Å². The van der Waals surface area contributed by atoms with Gasteiger partial charge in [-0.3, -0.25) is 4.79 Å². The Balaban J connectivity index is 1.50. The van der Waals surface area contributed by atoms with Crippen molar-refractivity contribution in [3.05, 3.63) is 53.4 Å². The van der Waals surface area contributed by atoms with Crippen LogP contribution in [0.15, 0.2) is 30.6 Å². The highest BCUT2D eigenvalue weighted by Crippen LogP contribution is 2.36. The summed E-state index contributed by atoms with van der Waals surface area (Å²) < 4.78 is 91.5. The lowest BCUT2D eigenvalue weighted by Crippen LogP contribution is -2.45. The van der Waals surface area contributed by atoms with Gasteiger partial charge >= 0.3 is 6.18 Å². The highest BCUT2D eigenvalue weighted by Gasteiger charge is 2.38. The quantitative estimate of drug-likeness (QED) is 0.391. The van der Waals surface area contributed by atoms with E-state index in [1.807, 2.05) is 0 Å². The van der Waals surface area contributed by atoms with E-state index in [1.54, 1.807) is 0 Å². The van der Waals surface area contributed by atoms with Crippen LogP contribution in [0.1, 0.15) is 30.4 Å². The number of rotatable bonds is 9. The van der Waals surface area contributed by atoms with Gasteiger partial charge in [0.15, 0.2) is 23.1 Å². The number of aromatic nitrogens is 2. The second-order valence-electron chi connectivity index (χ2n) is 8.31. The SMILES string of the molecule is O=C(CCC1(F)COC1)Cc1cc(F)c(Oc2ccnc3[nH]cc(CCC(F)(F)F)c23)c(F)c1. The van der Waals surface area contributed by atoms with E-state index in [0.717, 1.165) is 12.1 Å². The van der Waals surface area contributed by atoms with Crippen molar-refractivity contribution in [2.24, 2.45) is 0 Å². The first-order valence-corrected chi connectivity index (χ1v) is 10.5. The second kappa shape index (κ2) is 9.28. The van der Waals surface area contributed by atoms with Gasteiger partial charge in [-0.1, -0.05) is 0 Å². The topological polar surface area (TPSA) is 64.2 Å². The standard InChI is InChI=1S/C23H20F6N2O3/c24-16-8-13(7-15(32)2-4-22(26)11-33-12-22)9-17(25)20(16)34-18-3-6-30-21-19(18)14(10-31-21)1-5-23(27,28)29/h3,6,8-10H,1-2,4-5,7,11-12H2,(H,30,31). The molecule has 1 aliphatic heterocycles. The lowest BCUT2D eigenvalue weighted by Gasteiger charge is -2.33. The summed E-state index contributed by atoms with van der Waals surface area (Å²) in [5, 5.41) is 0.185. The van der Waals surface area contributed by atoms with E-state index in [2.05, 4.69) is 9.97 Å². The number of ether oxygens (including phenoxy) is 2. The number of aryl methyl sites for hydroxylation is 1. The van der Waals surface area contributed by atoms with E-state index >= 15 is 0 Å². The first-order chi connectivity index (χ1) is 16.0. The number of carbonyl (C=O) groups is 1. The highest BCUT2D eigenvalue weighted by molar-refractivity contribution is 5.86. The van der Waals surface area contributed by atoms with Crippen LogP contribution in [-0.2, 0) is 22.4 Å². The highest BCUT2D eigenvalue weighted by atomic mass is 19.4.